The van der Waals surface area contributed by atoms with Gasteiger partial charge in [-0.1, -0.05) is 30.3 Å². The highest BCUT2D eigenvalue weighted by Crippen LogP contribution is 2.28. The van der Waals surface area contributed by atoms with Crippen molar-refractivity contribution in [2.75, 3.05) is 0 Å². The molecule has 2 N–H and O–H groups in total. The van der Waals surface area contributed by atoms with E-state index in [1.807, 2.05) is 18.2 Å². The van der Waals surface area contributed by atoms with Gasteiger partial charge in [-0.3, -0.25) is 4.79 Å². The molecule has 0 radical (unpaired) electrons. The average Bonchev–Trinajstić information content (AvgIpc) is 2.56. The number of rotatable bonds is 2. The molecule has 0 saturated carbocycles. The van der Waals surface area contributed by atoms with Crippen LogP contribution in [0.1, 0.15) is 12.0 Å². The number of nitrogens with one attached hydrogen (secondary N) is 1. The van der Waals surface area contributed by atoms with Gasteiger partial charge in [-0.25, -0.2) is 0 Å². The molecule has 1 fully saturated rings. The molecule has 0 aromatic heterocycles. The highest BCUT2D eigenvalue weighted by atomic mass is 16.4. The SMILES string of the molecule is O=NC1(O)CC(=O)NC1=Cc1ccccc1. The molecule has 5 heteroatoms. The van der Waals surface area contributed by atoms with Gasteiger partial charge in [0.25, 0.3) is 0 Å². The number of benzene rings is 1. The van der Waals surface area contributed by atoms with E-state index in [2.05, 4.69) is 10.5 Å². The number of carbonyl (C=O) groups excluding carboxylic acids is 1. The van der Waals surface area contributed by atoms with Crippen molar-refractivity contribution in [3.8, 4) is 0 Å². The molecule has 1 aliphatic heterocycles. The standard InChI is InChI=1S/C11H10N2O3/c14-10-7-11(15,13-16)9(12-10)6-8-4-2-1-3-5-8/h1-6,15H,7H2,(H,12,14). The summed E-state index contributed by atoms with van der Waals surface area (Å²) in [5, 5.41) is 14.8. The van der Waals surface area contributed by atoms with Crippen LogP contribution in [0.5, 0.6) is 0 Å². The molecule has 82 valence electrons. The van der Waals surface area contributed by atoms with E-state index in [0.29, 0.717) is 0 Å². The maximum atomic E-state index is 11.1. The molecule has 0 bridgehead atoms. The summed E-state index contributed by atoms with van der Waals surface area (Å²) in [4.78, 5) is 21.6. The number of nitrogens with zero attached hydrogens (tertiary/aromatic N) is 1. The van der Waals surface area contributed by atoms with Crippen molar-refractivity contribution >= 4 is 12.0 Å². The van der Waals surface area contributed by atoms with Crippen molar-refractivity contribution in [2.45, 2.75) is 12.1 Å². The number of nitroso groups, excluding NO2 is 1. The molecule has 2 rings (SSSR count). The lowest BCUT2D eigenvalue weighted by atomic mass is 10.1. The van der Waals surface area contributed by atoms with Crippen LogP contribution in [0.15, 0.2) is 41.2 Å². The summed E-state index contributed by atoms with van der Waals surface area (Å²) in [6.07, 6.45) is 1.21. The van der Waals surface area contributed by atoms with Gasteiger partial charge in [0.2, 0.25) is 11.6 Å². The van der Waals surface area contributed by atoms with E-state index >= 15 is 0 Å². The molecule has 1 atom stereocenters. The van der Waals surface area contributed by atoms with Gasteiger partial charge in [-0.05, 0) is 16.8 Å². The van der Waals surface area contributed by atoms with Gasteiger partial charge in [-0.2, -0.15) is 0 Å². The Morgan fingerprint density at radius 1 is 1.38 bits per heavy atom. The molecule has 1 aliphatic rings. The molecule has 1 aromatic carbocycles. The minimum Gasteiger partial charge on any atom is -0.361 e. The quantitative estimate of drug-likeness (QED) is 0.727. The third-order valence-electron chi connectivity index (χ3n) is 2.37. The van der Waals surface area contributed by atoms with E-state index in [-0.39, 0.29) is 12.1 Å². The Balaban J connectivity index is 2.37. The van der Waals surface area contributed by atoms with Crippen molar-refractivity contribution in [1.29, 1.82) is 0 Å². The van der Waals surface area contributed by atoms with E-state index in [1.165, 1.54) is 6.08 Å². The van der Waals surface area contributed by atoms with Crippen molar-refractivity contribution in [2.24, 2.45) is 5.18 Å². The van der Waals surface area contributed by atoms with Crippen LogP contribution >= 0.6 is 0 Å². The normalized spacial score (nSPS) is 26.8. The van der Waals surface area contributed by atoms with E-state index in [9.17, 15) is 14.8 Å². The van der Waals surface area contributed by atoms with Crippen LogP contribution in [0.25, 0.3) is 6.08 Å². The highest BCUT2D eigenvalue weighted by Gasteiger charge is 2.43. The Morgan fingerprint density at radius 3 is 2.69 bits per heavy atom. The van der Waals surface area contributed by atoms with E-state index in [0.717, 1.165) is 5.56 Å². The second kappa shape index (κ2) is 3.86. The third kappa shape index (κ3) is 1.85. The van der Waals surface area contributed by atoms with Crippen LogP contribution in [0.3, 0.4) is 0 Å². The van der Waals surface area contributed by atoms with Crippen LogP contribution in [0.4, 0.5) is 0 Å². The fourth-order valence-electron chi connectivity index (χ4n) is 1.56. The van der Waals surface area contributed by atoms with Gasteiger partial charge >= 0.3 is 0 Å². The molecule has 1 saturated heterocycles. The first kappa shape index (κ1) is 10.5. The smallest absolute Gasteiger partial charge is 0.247 e. The number of carbonyl (C=O) groups is 1. The zero-order valence-electron chi connectivity index (χ0n) is 8.38. The number of amides is 1. The zero-order valence-corrected chi connectivity index (χ0v) is 8.38. The Hall–Kier alpha value is -2.01. The Bertz CT molecular complexity index is 456. The fourth-order valence-corrected chi connectivity index (χ4v) is 1.56. The Kier molecular flexibility index (Phi) is 2.54. The predicted octanol–water partition coefficient (Wildman–Crippen LogP) is 1.00. The molecule has 1 aromatic rings. The molecule has 1 heterocycles. The fraction of sp³-hybridized carbons (Fsp3) is 0.182. The van der Waals surface area contributed by atoms with Crippen molar-refractivity contribution in [1.82, 2.24) is 5.32 Å². The molecular weight excluding hydrogens is 208 g/mol. The highest BCUT2D eigenvalue weighted by molar-refractivity contribution is 5.85. The van der Waals surface area contributed by atoms with Crippen LogP contribution in [-0.4, -0.2) is 16.7 Å². The third-order valence-corrected chi connectivity index (χ3v) is 2.37. The molecule has 5 nitrogen and oxygen atoms in total. The topological polar surface area (TPSA) is 78.8 Å². The summed E-state index contributed by atoms with van der Waals surface area (Å²) < 4.78 is 0. The lowest BCUT2D eigenvalue weighted by molar-refractivity contribution is -0.120. The van der Waals surface area contributed by atoms with Gasteiger partial charge in [-0.15, -0.1) is 4.91 Å². The van der Waals surface area contributed by atoms with Gasteiger partial charge in [0, 0.05) is 0 Å². The van der Waals surface area contributed by atoms with E-state index in [1.54, 1.807) is 12.1 Å². The van der Waals surface area contributed by atoms with E-state index in [4.69, 9.17) is 0 Å². The minimum atomic E-state index is -1.95. The Labute approximate surface area is 91.8 Å². The maximum Gasteiger partial charge on any atom is 0.247 e. The number of hydrogen-bond acceptors (Lipinski definition) is 4. The second-order valence-electron chi connectivity index (χ2n) is 3.60. The lowest BCUT2D eigenvalue weighted by Crippen LogP contribution is -2.25. The van der Waals surface area contributed by atoms with E-state index < -0.39 is 11.6 Å². The summed E-state index contributed by atoms with van der Waals surface area (Å²) in [5.74, 6) is -0.413. The van der Waals surface area contributed by atoms with Gasteiger partial charge in [0.1, 0.15) is 0 Å². The zero-order chi connectivity index (χ0) is 11.6. The predicted molar refractivity (Wildman–Crippen MR) is 57.9 cm³/mol. The molecule has 1 amide bonds. The van der Waals surface area contributed by atoms with Crippen LogP contribution in [0.2, 0.25) is 0 Å². The lowest BCUT2D eigenvalue weighted by Gasteiger charge is -2.12. The molecule has 0 aliphatic carbocycles. The molecular formula is C11H10N2O3. The summed E-state index contributed by atoms with van der Waals surface area (Å²) in [7, 11) is 0. The average molecular weight is 218 g/mol. The molecule has 16 heavy (non-hydrogen) atoms. The van der Waals surface area contributed by atoms with Gasteiger partial charge in [0.05, 0.1) is 12.1 Å². The number of aliphatic hydroxyl groups is 1. The first-order chi connectivity index (χ1) is 7.64. The second-order valence-corrected chi connectivity index (χ2v) is 3.60. The molecule has 0 spiro atoms. The van der Waals surface area contributed by atoms with Crippen LogP contribution < -0.4 is 5.32 Å². The maximum absolute atomic E-state index is 11.1. The van der Waals surface area contributed by atoms with Gasteiger partial charge < -0.3 is 10.4 Å². The Morgan fingerprint density at radius 2 is 2.06 bits per heavy atom. The minimum absolute atomic E-state index is 0.124. The van der Waals surface area contributed by atoms with Gasteiger partial charge in [0.15, 0.2) is 0 Å². The first-order valence-corrected chi connectivity index (χ1v) is 4.78. The summed E-state index contributed by atoms with van der Waals surface area (Å²) >= 11 is 0. The first-order valence-electron chi connectivity index (χ1n) is 4.78. The summed E-state index contributed by atoms with van der Waals surface area (Å²) in [6.45, 7) is 0. The van der Waals surface area contributed by atoms with Crippen molar-refractivity contribution in [3.63, 3.8) is 0 Å². The largest absolute Gasteiger partial charge is 0.361 e. The summed E-state index contributed by atoms with van der Waals surface area (Å²) in [6, 6.07) is 9.07. The van der Waals surface area contributed by atoms with Crippen LogP contribution in [0, 0.1) is 4.91 Å². The van der Waals surface area contributed by atoms with Crippen molar-refractivity contribution in [3.05, 3.63) is 46.5 Å². The van der Waals surface area contributed by atoms with Crippen LogP contribution in [-0.2, 0) is 4.79 Å². The number of hydrogen-bond donors (Lipinski definition) is 2. The van der Waals surface area contributed by atoms with Crippen molar-refractivity contribution < 1.29 is 9.90 Å². The molecule has 1 unspecified atom stereocenters. The monoisotopic (exact) mass is 218 g/mol. The summed E-state index contributed by atoms with van der Waals surface area (Å²) in [5.41, 5.74) is -1.05.